The van der Waals surface area contributed by atoms with Crippen molar-refractivity contribution in [2.45, 2.75) is 49.1 Å². The van der Waals surface area contributed by atoms with E-state index in [2.05, 4.69) is 32.2 Å². The van der Waals surface area contributed by atoms with Crippen LogP contribution in [0, 0.1) is 0 Å². The van der Waals surface area contributed by atoms with E-state index in [1.807, 2.05) is 0 Å². The quantitative estimate of drug-likeness (QED) is 0.146. The molecule has 0 radical (unpaired) electrons. The Morgan fingerprint density at radius 3 is 2.39 bits per heavy atom. The largest absolute Gasteiger partial charge is 0.387 e. The highest BCUT2D eigenvalue weighted by molar-refractivity contribution is 8.44. The molecule has 3 aliphatic rings. The first-order valence-corrected chi connectivity index (χ1v) is 19.6. The molecule has 46 heavy (non-hydrogen) atoms. The molecule has 0 aliphatic carbocycles. The summed E-state index contributed by atoms with van der Waals surface area (Å²) in [6, 6.07) is 2.95. The topological polar surface area (TPSA) is 215 Å². The summed E-state index contributed by atoms with van der Waals surface area (Å²) >= 11 is 28.2. The summed E-state index contributed by atoms with van der Waals surface area (Å²) in [5.74, 6) is 0. The number of hydrogen-bond acceptors (Lipinski definition) is 14. The lowest BCUT2D eigenvalue weighted by Gasteiger charge is -2.28. The smallest absolute Gasteiger partial charge is 0.386 e. The molecule has 248 valence electrons. The molecule has 3 aromatic heterocycles. The Kier molecular flexibility index (Phi) is 8.88. The molecule has 1 aromatic carbocycles. The monoisotopic (exact) mass is 776 g/mol. The van der Waals surface area contributed by atoms with Crippen LogP contribution in [-0.2, 0) is 43.9 Å². The van der Waals surface area contributed by atoms with Gasteiger partial charge in [-0.3, -0.25) is 27.5 Å². The minimum atomic E-state index is -4.36. The summed E-state index contributed by atoms with van der Waals surface area (Å²) in [5, 5.41) is 22.8. The molecule has 3 aliphatic heterocycles. The lowest BCUT2D eigenvalue weighted by atomic mass is 10.1. The van der Waals surface area contributed by atoms with E-state index in [4.69, 9.17) is 74.2 Å². The predicted molar refractivity (Wildman–Crippen MR) is 167 cm³/mol. The highest BCUT2D eigenvalue weighted by atomic mass is 35.5. The van der Waals surface area contributed by atoms with Crippen LogP contribution in [0.3, 0.4) is 0 Å². The Morgan fingerprint density at radius 1 is 1.00 bits per heavy atom. The zero-order valence-corrected chi connectivity index (χ0v) is 28.3. The van der Waals surface area contributed by atoms with Gasteiger partial charge in [-0.2, -0.15) is 0 Å². The number of aliphatic hydroxyl groups excluding tert-OH is 2. The fourth-order valence-electron chi connectivity index (χ4n) is 5.43. The van der Waals surface area contributed by atoms with E-state index in [1.54, 1.807) is 0 Å². The Balaban J connectivity index is 1.23. The summed E-state index contributed by atoms with van der Waals surface area (Å²) in [6.45, 7) is -9.76. The van der Waals surface area contributed by atoms with Gasteiger partial charge in [0.25, 0.3) is 5.56 Å². The van der Waals surface area contributed by atoms with Crippen molar-refractivity contribution in [3.8, 4) is 0 Å². The standard InChI is InChI=1S/C22H21Cl3N6O11P2S2/c23-7-1-9-10(2-8(7)24)31(22(25)29-9)21-17-15(33)12(40-21)4-38-43(35,45)41-16-14(32)11(3-37-44(36,46)42-17)39-20(16)30-6-28-13-18(30)26-5-27-19(13)34/h1-2,5-6,11-12,14-17,20-21,32-33H,3-4H2,(H,35,45)(H,36,46)(H,26,27,34)/t11-,12-,14?,15+,16+,17?,20-,21-,43?,44?/m1/s1. The van der Waals surface area contributed by atoms with Crippen molar-refractivity contribution in [2.24, 2.45) is 0 Å². The summed E-state index contributed by atoms with van der Waals surface area (Å²) in [6.07, 6.45) is -8.81. The van der Waals surface area contributed by atoms with Gasteiger partial charge in [-0.05, 0) is 35.5 Å². The molecule has 0 amide bonds. The van der Waals surface area contributed by atoms with Gasteiger partial charge in [0.1, 0.15) is 36.6 Å². The van der Waals surface area contributed by atoms with Crippen LogP contribution in [0.25, 0.3) is 22.2 Å². The number of ether oxygens (including phenoxy) is 2. The van der Waals surface area contributed by atoms with Gasteiger partial charge in [0.15, 0.2) is 23.6 Å². The molecule has 6 heterocycles. The van der Waals surface area contributed by atoms with Crippen LogP contribution in [0.4, 0.5) is 0 Å². The number of aromatic nitrogens is 6. The van der Waals surface area contributed by atoms with Crippen LogP contribution >= 0.6 is 60.6 Å². The maximum Gasteiger partial charge on any atom is 0.386 e. The summed E-state index contributed by atoms with van der Waals surface area (Å²) in [4.78, 5) is 38.1. The zero-order valence-electron chi connectivity index (χ0n) is 22.6. The summed E-state index contributed by atoms with van der Waals surface area (Å²) in [5.41, 5.74) is 0.152. The highest BCUT2D eigenvalue weighted by Gasteiger charge is 2.53. The van der Waals surface area contributed by atoms with Gasteiger partial charge >= 0.3 is 13.5 Å². The highest BCUT2D eigenvalue weighted by Crippen LogP contribution is 2.58. The molecule has 4 aromatic rings. The first-order chi connectivity index (χ1) is 21.7. The van der Waals surface area contributed by atoms with Crippen molar-refractivity contribution in [3.63, 3.8) is 0 Å². The number of nitrogens with one attached hydrogen (secondary N) is 1. The SMILES string of the molecule is O=c1[nH]cnc2c1ncn2[C@@H]1O[C@@H]2COP(O)(=S)OC3[C@@H](O)[C@@H](COP(=O)(S)O[C@H]1C2O)O[C@H]3n1c(Cl)nc2cc(Cl)c(Cl)cc21. The average Bonchev–Trinajstić information content (AvgIpc) is 3.71. The van der Waals surface area contributed by atoms with Crippen molar-refractivity contribution in [3.05, 3.63) is 50.5 Å². The lowest BCUT2D eigenvalue weighted by Crippen LogP contribution is -2.37. The number of aliphatic hydroxyl groups is 2. The Hall–Kier alpha value is -1.22. The maximum atomic E-state index is 13.5. The van der Waals surface area contributed by atoms with Crippen molar-refractivity contribution >= 4 is 94.6 Å². The number of aromatic amines is 1. The summed E-state index contributed by atoms with van der Waals surface area (Å²) in [7, 11) is 0. The van der Waals surface area contributed by atoms with Gasteiger partial charge in [-0.15, -0.1) is 0 Å². The predicted octanol–water partition coefficient (Wildman–Crippen LogP) is 2.72. The molecule has 4 N–H and O–H groups in total. The number of fused-ring (bicyclic) bond motifs is 6. The minimum Gasteiger partial charge on any atom is -0.387 e. The van der Waals surface area contributed by atoms with E-state index >= 15 is 0 Å². The third-order valence-corrected chi connectivity index (χ3v) is 11.7. The van der Waals surface area contributed by atoms with Crippen LogP contribution in [0.5, 0.6) is 0 Å². The van der Waals surface area contributed by atoms with Gasteiger partial charge < -0.3 is 34.1 Å². The normalized spacial score (nSPS) is 37.2. The number of rotatable bonds is 2. The molecule has 4 unspecified atom stereocenters. The molecule has 3 fully saturated rings. The number of H-pyrrole nitrogens is 1. The average molecular weight is 778 g/mol. The molecular weight excluding hydrogens is 757 g/mol. The van der Waals surface area contributed by atoms with Crippen LogP contribution in [0.2, 0.25) is 15.3 Å². The van der Waals surface area contributed by atoms with E-state index in [0.717, 1.165) is 6.33 Å². The van der Waals surface area contributed by atoms with Crippen LogP contribution in [0.1, 0.15) is 12.5 Å². The number of halogens is 3. The maximum absolute atomic E-state index is 13.5. The van der Waals surface area contributed by atoms with Crippen LogP contribution < -0.4 is 5.56 Å². The first-order valence-electron chi connectivity index (χ1n) is 13.1. The number of benzene rings is 1. The van der Waals surface area contributed by atoms with Crippen molar-refractivity contribution in [2.75, 3.05) is 13.2 Å². The van der Waals surface area contributed by atoms with Gasteiger partial charge in [-0.25, -0.2) is 19.5 Å². The van der Waals surface area contributed by atoms with Gasteiger partial charge in [0.05, 0.1) is 46.9 Å². The molecule has 10 atom stereocenters. The van der Waals surface area contributed by atoms with E-state index in [1.165, 1.54) is 27.6 Å². The molecule has 3 saturated heterocycles. The van der Waals surface area contributed by atoms with Crippen molar-refractivity contribution in [1.82, 2.24) is 29.1 Å². The van der Waals surface area contributed by atoms with Crippen molar-refractivity contribution < 1.29 is 47.2 Å². The van der Waals surface area contributed by atoms with Crippen LogP contribution in [-0.4, -0.2) is 94.0 Å². The number of hydrogen-bond donors (Lipinski definition) is 5. The van der Waals surface area contributed by atoms with E-state index in [9.17, 15) is 24.5 Å². The molecule has 0 spiro atoms. The van der Waals surface area contributed by atoms with Crippen LogP contribution in [0.15, 0.2) is 29.6 Å². The van der Waals surface area contributed by atoms with E-state index in [0.29, 0.717) is 11.0 Å². The number of imidazole rings is 2. The second kappa shape index (κ2) is 12.3. The zero-order chi connectivity index (χ0) is 32.7. The molecule has 0 saturated carbocycles. The molecule has 17 nitrogen and oxygen atoms in total. The van der Waals surface area contributed by atoms with Gasteiger partial charge in [0.2, 0.25) is 5.28 Å². The lowest BCUT2D eigenvalue weighted by molar-refractivity contribution is -0.0599. The molecule has 7 rings (SSSR count). The second-order valence-corrected chi connectivity index (χ2v) is 17.2. The van der Waals surface area contributed by atoms with Gasteiger partial charge in [0, 0.05) is 0 Å². The second-order valence-electron chi connectivity index (χ2n) is 10.3. The van der Waals surface area contributed by atoms with Crippen molar-refractivity contribution in [1.29, 1.82) is 0 Å². The molecule has 24 heteroatoms. The summed E-state index contributed by atoms with van der Waals surface area (Å²) < 4.78 is 50.7. The van der Waals surface area contributed by atoms with E-state index in [-0.39, 0.29) is 26.5 Å². The van der Waals surface area contributed by atoms with Gasteiger partial charge in [-0.1, -0.05) is 35.5 Å². The molecule has 4 bridgehead atoms. The third-order valence-electron chi connectivity index (χ3n) is 7.52. The van der Waals surface area contributed by atoms with E-state index < -0.39 is 81.4 Å². The third kappa shape index (κ3) is 5.98. The number of thiol groups is 1. The fraction of sp³-hybridized carbons (Fsp3) is 0.455. The Labute approximate surface area is 282 Å². The Morgan fingerprint density at radius 2 is 1.65 bits per heavy atom. The fourth-order valence-corrected chi connectivity index (χ4v) is 8.89. The molecular formula is C22H21Cl3N6O11P2S2. The number of nitrogens with zero attached hydrogens (tertiary/aromatic N) is 5. The Bertz CT molecular complexity index is 2000. The minimum absolute atomic E-state index is 0.0395. The first kappa shape index (κ1) is 33.3.